The number of ketones is 2. The number of aliphatic hydroxyl groups is 2. The van der Waals surface area contributed by atoms with Gasteiger partial charge in [-0.2, -0.15) is 0 Å². The molecule has 10 nitrogen and oxygen atoms in total. The number of Topliss-reactive ketones (excluding diaryl/α,β-unsaturated/α-hetero) is 2. The zero-order chi connectivity index (χ0) is 30.7. The van der Waals surface area contributed by atoms with E-state index < -0.39 is 81.5 Å². The quantitative estimate of drug-likeness (QED) is 0.308. The highest BCUT2D eigenvalue weighted by Crippen LogP contribution is 2.65. The van der Waals surface area contributed by atoms with Gasteiger partial charge < -0.3 is 24.4 Å². The first kappa shape index (κ1) is 30.3. The van der Waals surface area contributed by atoms with Gasteiger partial charge in [0.05, 0.1) is 11.5 Å². The Morgan fingerprint density at radius 3 is 2.12 bits per heavy atom. The Morgan fingerprint density at radius 1 is 0.976 bits per heavy atom. The van der Waals surface area contributed by atoms with Crippen LogP contribution in [0, 0.1) is 28.6 Å². The van der Waals surface area contributed by atoms with Gasteiger partial charge in [-0.15, -0.1) is 6.58 Å². The molecule has 2 N–H and O–H groups in total. The van der Waals surface area contributed by atoms with Gasteiger partial charge >= 0.3 is 17.9 Å². The minimum atomic E-state index is -2.57. The molecule has 0 radical (unpaired) electrons. The summed E-state index contributed by atoms with van der Waals surface area (Å²) in [6.07, 6.45) is -0.372. The van der Waals surface area contributed by atoms with Crippen LogP contribution in [0.3, 0.4) is 0 Å². The highest BCUT2D eigenvalue weighted by Gasteiger charge is 2.76. The maximum absolute atomic E-state index is 14.1. The molecule has 3 aliphatic rings. The summed E-state index contributed by atoms with van der Waals surface area (Å²) >= 11 is 0. The largest absolute Gasteiger partial charge is 0.459 e. The predicted octanol–water partition coefficient (Wildman–Crippen LogP) is 2.71. The molecule has 220 valence electrons. The van der Waals surface area contributed by atoms with Crippen LogP contribution in [0.15, 0.2) is 54.8 Å². The van der Waals surface area contributed by atoms with Crippen molar-refractivity contribution in [2.75, 3.05) is 0 Å². The summed E-state index contributed by atoms with van der Waals surface area (Å²) in [5.74, 6) is -7.43. The summed E-state index contributed by atoms with van der Waals surface area (Å²) in [6, 6.07) is 8.04. The van der Waals surface area contributed by atoms with Crippen molar-refractivity contribution in [3.05, 3.63) is 60.4 Å². The van der Waals surface area contributed by atoms with Crippen LogP contribution in [0.4, 0.5) is 0 Å². The van der Waals surface area contributed by atoms with Crippen molar-refractivity contribution in [1.82, 2.24) is 0 Å². The van der Waals surface area contributed by atoms with E-state index in [1.165, 1.54) is 31.2 Å². The fourth-order valence-corrected chi connectivity index (χ4v) is 7.44. The smallest absolute Gasteiger partial charge is 0.338 e. The summed E-state index contributed by atoms with van der Waals surface area (Å²) in [5, 5.41) is 24.0. The van der Waals surface area contributed by atoms with Crippen molar-refractivity contribution >= 4 is 29.5 Å². The van der Waals surface area contributed by atoms with E-state index in [4.69, 9.17) is 14.2 Å². The van der Waals surface area contributed by atoms with Crippen molar-refractivity contribution in [3.63, 3.8) is 0 Å². The van der Waals surface area contributed by atoms with Gasteiger partial charge in [-0.1, -0.05) is 45.0 Å². The normalized spacial score (nSPS) is 37.6. The van der Waals surface area contributed by atoms with Crippen LogP contribution < -0.4 is 0 Å². The summed E-state index contributed by atoms with van der Waals surface area (Å²) in [7, 11) is 0. The lowest BCUT2D eigenvalue weighted by atomic mass is 9.41. The number of hydrogen-bond acceptors (Lipinski definition) is 10. The second-order valence-electron chi connectivity index (χ2n) is 12.2. The molecule has 41 heavy (non-hydrogen) atoms. The van der Waals surface area contributed by atoms with E-state index >= 15 is 0 Å². The second-order valence-corrected chi connectivity index (χ2v) is 12.2. The van der Waals surface area contributed by atoms with E-state index in [0.717, 1.165) is 13.8 Å². The summed E-state index contributed by atoms with van der Waals surface area (Å²) < 4.78 is 16.9. The Morgan fingerprint density at radius 2 is 1.59 bits per heavy atom. The van der Waals surface area contributed by atoms with Crippen LogP contribution in [0.25, 0.3) is 0 Å². The molecule has 2 saturated carbocycles. The van der Waals surface area contributed by atoms with Crippen LogP contribution >= 0.6 is 0 Å². The number of ether oxygens (including phenoxy) is 3. The number of hydrogen-bond donors (Lipinski definition) is 2. The van der Waals surface area contributed by atoms with Gasteiger partial charge in [-0.25, -0.2) is 4.79 Å². The van der Waals surface area contributed by atoms with E-state index in [1.807, 2.05) is 0 Å². The molecule has 0 saturated heterocycles. The maximum atomic E-state index is 14.1. The first-order chi connectivity index (χ1) is 18.9. The van der Waals surface area contributed by atoms with Crippen molar-refractivity contribution in [3.8, 4) is 0 Å². The van der Waals surface area contributed by atoms with Gasteiger partial charge in [0.1, 0.15) is 17.8 Å². The lowest BCUT2D eigenvalue weighted by Gasteiger charge is -2.65. The Hall–Kier alpha value is -3.63. The van der Waals surface area contributed by atoms with Crippen molar-refractivity contribution in [2.24, 2.45) is 28.6 Å². The van der Waals surface area contributed by atoms with E-state index in [2.05, 4.69) is 6.58 Å². The molecule has 10 heteroatoms. The summed E-state index contributed by atoms with van der Waals surface area (Å²) in [6.45, 7) is 12.2. The van der Waals surface area contributed by atoms with Crippen molar-refractivity contribution in [1.29, 1.82) is 0 Å². The molecule has 0 spiro atoms. The first-order valence-corrected chi connectivity index (χ1v) is 13.5. The second kappa shape index (κ2) is 10.0. The van der Waals surface area contributed by atoms with Crippen molar-refractivity contribution < 1.29 is 48.4 Å². The third-order valence-electron chi connectivity index (χ3n) is 9.18. The van der Waals surface area contributed by atoms with Gasteiger partial charge in [0.2, 0.25) is 5.78 Å². The molecular formula is C31H36O10. The molecule has 0 aromatic heterocycles. The molecule has 1 aromatic carbocycles. The Kier molecular flexibility index (Phi) is 7.42. The maximum Gasteiger partial charge on any atom is 0.338 e. The van der Waals surface area contributed by atoms with Crippen LogP contribution in [-0.2, 0) is 33.4 Å². The fourth-order valence-electron chi connectivity index (χ4n) is 7.44. The molecule has 0 aliphatic heterocycles. The zero-order valence-corrected chi connectivity index (χ0v) is 24.0. The van der Waals surface area contributed by atoms with E-state index in [-0.39, 0.29) is 17.7 Å². The number of fused-ring (bicyclic) bond motifs is 3. The van der Waals surface area contributed by atoms with E-state index in [0.29, 0.717) is 0 Å². The van der Waals surface area contributed by atoms with E-state index in [9.17, 15) is 34.2 Å². The topological polar surface area (TPSA) is 154 Å². The third-order valence-corrected chi connectivity index (χ3v) is 9.18. The standard InChI is InChI=1S/C31H36O10/c1-8-19-23(41-26(35)18-12-10-9-11-13-18)24-29(6)15-20(39-16(2)32)25(34)28(4,5)21(29)14-22(40-17(3)33)31(24,38)27(36)30(19,7)37/h8-13,15,19,21-24,37-38H,1,14H2,2-7H3. The summed E-state index contributed by atoms with van der Waals surface area (Å²) in [5.41, 5.74) is -7.29. The summed E-state index contributed by atoms with van der Waals surface area (Å²) in [4.78, 5) is 65.3. The van der Waals surface area contributed by atoms with E-state index in [1.54, 1.807) is 39.0 Å². The van der Waals surface area contributed by atoms with Gasteiger partial charge in [-0.05, 0) is 37.5 Å². The lowest BCUT2D eigenvalue weighted by molar-refractivity contribution is -0.263. The first-order valence-electron chi connectivity index (χ1n) is 13.5. The fraction of sp³-hybridized carbons (Fsp3) is 0.516. The number of esters is 3. The third kappa shape index (κ3) is 4.53. The van der Waals surface area contributed by atoms with Gasteiger partial charge in [-0.3, -0.25) is 19.2 Å². The minimum absolute atomic E-state index is 0.147. The predicted molar refractivity (Wildman–Crippen MR) is 144 cm³/mol. The Bertz CT molecular complexity index is 1340. The molecule has 4 rings (SSSR count). The molecular weight excluding hydrogens is 532 g/mol. The van der Waals surface area contributed by atoms with Crippen molar-refractivity contribution in [2.45, 2.75) is 71.4 Å². The Labute approximate surface area is 238 Å². The number of carbonyl (C=O) groups excluding carboxylic acids is 5. The molecule has 0 heterocycles. The molecule has 0 amide bonds. The van der Waals surface area contributed by atoms with Gasteiger partial charge in [0.15, 0.2) is 17.1 Å². The highest BCUT2D eigenvalue weighted by atomic mass is 16.6. The SMILES string of the molecule is C=CC1C(OC(=O)c2ccccc2)C2C3(C)C=C(OC(C)=O)C(=O)C(C)(C)C3CC(OC(C)=O)C2(O)C(=O)C1(C)O. The number of allylic oxidation sites excluding steroid dienone is 2. The lowest BCUT2D eigenvalue weighted by Crippen LogP contribution is -2.79. The monoisotopic (exact) mass is 568 g/mol. The zero-order valence-electron chi connectivity index (χ0n) is 24.0. The molecule has 0 bridgehead atoms. The average Bonchev–Trinajstić information content (AvgIpc) is 2.87. The van der Waals surface area contributed by atoms with Gasteiger partial charge in [0.25, 0.3) is 0 Å². The van der Waals surface area contributed by atoms with Crippen LogP contribution in [0.2, 0.25) is 0 Å². The highest BCUT2D eigenvalue weighted by molar-refractivity contribution is 6.02. The number of rotatable bonds is 5. The average molecular weight is 569 g/mol. The van der Waals surface area contributed by atoms with Gasteiger partial charge in [0, 0.05) is 30.6 Å². The molecule has 1 aromatic rings. The Balaban J connectivity index is 2.03. The number of benzene rings is 1. The molecule has 2 fully saturated rings. The molecule has 8 atom stereocenters. The molecule has 8 unspecified atom stereocenters. The minimum Gasteiger partial charge on any atom is -0.459 e. The van der Waals surface area contributed by atoms with Crippen LogP contribution in [0.1, 0.15) is 58.3 Å². The number of carbonyl (C=O) groups is 5. The van der Waals surface area contributed by atoms with Crippen LogP contribution in [-0.4, -0.2) is 63.1 Å². The molecule has 3 aliphatic carbocycles. The van der Waals surface area contributed by atoms with Crippen LogP contribution in [0.5, 0.6) is 0 Å².